The van der Waals surface area contributed by atoms with Gasteiger partial charge >= 0.3 is 0 Å². The van der Waals surface area contributed by atoms with Gasteiger partial charge in [0.1, 0.15) is 0 Å². The smallest absolute Gasteiger partial charge is 0.191 e. The average molecular weight is 352 g/mol. The predicted molar refractivity (Wildman–Crippen MR) is 108 cm³/mol. The van der Waals surface area contributed by atoms with Gasteiger partial charge in [-0.3, -0.25) is 9.89 Å². The Hall–Kier alpha value is -0.810. The van der Waals surface area contributed by atoms with Crippen LogP contribution in [0.3, 0.4) is 0 Å². The Morgan fingerprint density at radius 1 is 1.12 bits per heavy atom. The zero-order chi connectivity index (χ0) is 18.2. The first-order valence-electron chi connectivity index (χ1n) is 10.5. The quantitative estimate of drug-likeness (QED) is 0.361. The predicted octanol–water partition coefficient (Wildman–Crippen LogP) is 2.53. The van der Waals surface area contributed by atoms with Crippen LogP contribution in [0.4, 0.5) is 0 Å². The van der Waals surface area contributed by atoms with Crippen molar-refractivity contribution in [1.29, 1.82) is 0 Å². The van der Waals surface area contributed by atoms with E-state index in [1.807, 2.05) is 0 Å². The molecule has 1 unspecified atom stereocenters. The number of rotatable bonds is 10. The molecule has 25 heavy (non-hydrogen) atoms. The van der Waals surface area contributed by atoms with E-state index in [4.69, 9.17) is 4.99 Å². The fourth-order valence-corrected chi connectivity index (χ4v) is 3.93. The minimum absolute atomic E-state index is 0.610. The number of hydrogen-bond donors (Lipinski definition) is 2. The van der Waals surface area contributed by atoms with Gasteiger partial charge in [-0.1, -0.05) is 0 Å². The largest absolute Gasteiger partial charge is 0.357 e. The molecule has 1 saturated carbocycles. The third-order valence-corrected chi connectivity index (χ3v) is 5.44. The number of nitrogens with zero attached hydrogens (tertiary/aromatic N) is 3. The molecule has 1 saturated heterocycles. The summed E-state index contributed by atoms with van der Waals surface area (Å²) in [6.45, 7) is 17.8. The fraction of sp³-hybridized carbons (Fsp3) is 0.950. The van der Waals surface area contributed by atoms with E-state index in [-0.39, 0.29) is 0 Å². The van der Waals surface area contributed by atoms with Crippen LogP contribution in [-0.4, -0.2) is 73.2 Å². The van der Waals surface area contributed by atoms with E-state index in [1.165, 1.54) is 32.4 Å². The molecular formula is C20H41N5. The van der Waals surface area contributed by atoms with Crippen LogP contribution in [0.1, 0.15) is 60.3 Å². The maximum atomic E-state index is 4.85. The van der Waals surface area contributed by atoms with Gasteiger partial charge in [0, 0.05) is 50.8 Å². The molecule has 1 heterocycles. The molecule has 1 aliphatic carbocycles. The lowest BCUT2D eigenvalue weighted by Crippen LogP contribution is -2.41. The molecule has 2 rings (SSSR count). The van der Waals surface area contributed by atoms with Crippen molar-refractivity contribution in [3.63, 3.8) is 0 Å². The van der Waals surface area contributed by atoms with Crippen molar-refractivity contribution in [3.05, 3.63) is 0 Å². The molecule has 5 heteroatoms. The molecular weight excluding hydrogens is 310 g/mol. The second kappa shape index (κ2) is 10.4. The third kappa shape index (κ3) is 7.14. The van der Waals surface area contributed by atoms with Crippen LogP contribution < -0.4 is 10.6 Å². The summed E-state index contributed by atoms with van der Waals surface area (Å²) in [6.07, 6.45) is 5.31. The number of hydrogen-bond acceptors (Lipinski definition) is 3. The van der Waals surface area contributed by atoms with Crippen molar-refractivity contribution >= 4 is 5.96 Å². The molecule has 0 radical (unpaired) electrons. The van der Waals surface area contributed by atoms with E-state index in [1.54, 1.807) is 0 Å². The van der Waals surface area contributed by atoms with Crippen LogP contribution in [-0.2, 0) is 0 Å². The molecule has 1 aliphatic heterocycles. The second-order valence-electron chi connectivity index (χ2n) is 8.31. The molecule has 146 valence electrons. The molecule has 0 bridgehead atoms. The van der Waals surface area contributed by atoms with Crippen LogP contribution in [0.5, 0.6) is 0 Å². The van der Waals surface area contributed by atoms with Gasteiger partial charge in [0.05, 0.1) is 0 Å². The van der Waals surface area contributed by atoms with Gasteiger partial charge in [0.2, 0.25) is 0 Å². The Bertz CT molecular complexity index is 395. The first-order chi connectivity index (χ1) is 12.0. The van der Waals surface area contributed by atoms with Crippen LogP contribution in [0, 0.1) is 5.92 Å². The van der Waals surface area contributed by atoms with Crippen LogP contribution >= 0.6 is 0 Å². The number of nitrogens with one attached hydrogen (secondary N) is 2. The topological polar surface area (TPSA) is 42.9 Å². The van der Waals surface area contributed by atoms with Crippen molar-refractivity contribution in [2.75, 3.05) is 39.3 Å². The highest BCUT2D eigenvalue weighted by Gasteiger charge is 2.34. The van der Waals surface area contributed by atoms with Crippen molar-refractivity contribution in [2.24, 2.45) is 10.9 Å². The molecule has 2 aliphatic rings. The normalized spacial score (nSPS) is 22.4. The van der Waals surface area contributed by atoms with Gasteiger partial charge in [-0.05, 0) is 72.8 Å². The SMILES string of the molecule is CCNC(=NCC1CCN(C2CC2)C1)NCCCN(C(C)C)C(C)C. The Morgan fingerprint density at radius 3 is 2.44 bits per heavy atom. The standard InChI is InChI=1S/C20H41N5/c1-6-21-20(22-11-7-12-25(16(2)3)17(4)5)23-14-18-10-13-24(15-18)19-8-9-19/h16-19H,6-15H2,1-5H3,(H2,21,22,23). The van der Waals surface area contributed by atoms with Gasteiger partial charge < -0.3 is 15.5 Å². The zero-order valence-corrected chi connectivity index (χ0v) is 17.2. The molecule has 0 spiro atoms. The molecule has 0 aromatic heterocycles. The summed E-state index contributed by atoms with van der Waals surface area (Å²) in [7, 11) is 0. The lowest BCUT2D eigenvalue weighted by Gasteiger charge is -2.30. The highest BCUT2D eigenvalue weighted by atomic mass is 15.2. The van der Waals surface area contributed by atoms with Crippen LogP contribution in [0.25, 0.3) is 0 Å². The summed E-state index contributed by atoms with van der Waals surface area (Å²) < 4.78 is 0. The van der Waals surface area contributed by atoms with Crippen molar-refractivity contribution in [3.8, 4) is 0 Å². The van der Waals surface area contributed by atoms with Crippen molar-refractivity contribution in [1.82, 2.24) is 20.4 Å². The third-order valence-electron chi connectivity index (χ3n) is 5.44. The van der Waals surface area contributed by atoms with Gasteiger partial charge in [-0.25, -0.2) is 0 Å². The van der Waals surface area contributed by atoms with Crippen LogP contribution in [0.15, 0.2) is 4.99 Å². The maximum Gasteiger partial charge on any atom is 0.191 e. The lowest BCUT2D eigenvalue weighted by atomic mass is 10.1. The Morgan fingerprint density at radius 2 is 1.84 bits per heavy atom. The van der Waals surface area contributed by atoms with E-state index >= 15 is 0 Å². The molecule has 0 amide bonds. The number of guanidine groups is 1. The van der Waals surface area contributed by atoms with Gasteiger partial charge in [-0.15, -0.1) is 0 Å². The summed E-state index contributed by atoms with van der Waals surface area (Å²) in [4.78, 5) is 10.1. The van der Waals surface area contributed by atoms with E-state index in [0.717, 1.165) is 50.5 Å². The summed E-state index contributed by atoms with van der Waals surface area (Å²) >= 11 is 0. The summed E-state index contributed by atoms with van der Waals surface area (Å²) in [5.41, 5.74) is 0. The molecule has 5 nitrogen and oxygen atoms in total. The fourth-order valence-electron chi connectivity index (χ4n) is 3.93. The van der Waals surface area contributed by atoms with E-state index in [2.05, 4.69) is 55.1 Å². The molecule has 2 N–H and O–H groups in total. The van der Waals surface area contributed by atoms with E-state index in [9.17, 15) is 0 Å². The maximum absolute atomic E-state index is 4.85. The number of likely N-dealkylation sites (tertiary alicyclic amines) is 1. The lowest BCUT2D eigenvalue weighted by molar-refractivity contribution is 0.173. The summed E-state index contributed by atoms with van der Waals surface area (Å²) in [5.74, 6) is 1.74. The summed E-state index contributed by atoms with van der Waals surface area (Å²) in [5, 5.41) is 6.92. The second-order valence-corrected chi connectivity index (χ2v) is 8.31. The van der Waals surface area contributed by atoms with E-state index in [0.29, 0.717) is 12.1 Å². The van der Waals surface area contributed by atoms with Crippen LogP contribution in [0.2, 0.25) is 0 Å². The Labute approximate surface area is 155 Å². The Kier molecular flexibility index (Phi) is 8.50. The number of aliphatic imine (C=N–C) groups is 1. The highest BCUT2D eigenvalue weighted by molar-refractivity contribution is 5.79. The molecule has 0 aromatic rings. The molecule has 1 atom stereocenters. The first kappa shape index (κ1) is 20.5. The van der Waals surface area contributed by atoms with Gasteiger partial charge in [-0.2, -0.15) is 0 Å². The molecule has 0 aromatic carbocycles. The average Bonchev–Trinajstić information content (AvgIpc) is 3.30. The summed E-state index contributed by atoms with van der Waals surface area (Å²) in [6, 6.07) is 2.13. The van der Waals surface area contributed by atoms with Crippen molar-refractivity contribution < 1.29 is 0 Å². The van der Waals surface area contributed by atoms with Crippen molar-refractivity contribution in [2.45, 2.75) is 78.4 Å². The Balaban J connectivity index is 1.68. The van der Waals surface area contributed by atoms with Gasteiger partial charge in [0.15, 0.2) is 5.96 Å². The minimum atomic E-state index is 0.610. The highest BCUT2D eigenvalue weighted by Crippen LogP contribution is 2.31. The monoisotopic (exact) mass is 351 g/mol. The van der Waals surface area contributed by atoms with E-state index < -0.39 is 0 Å². The molecule has 2 fully saturated rings. The van der Waals surface area contributed by atoms with Gasteiger partial charge in [0.25, 0.3) is 0 Å². The minimum Gasteiger partial charge on any atom is -0.357 e. The zero-order valence-electron chi connectivity index (χ0n) is 17.2. The first-order valence-corrected chi connectivity index (χ1v) is 10.5.